The predicted molar refractivity (Wildman–Crippen MR) is 80.9 cm³/mol. The second-order valence-electron chi connectivity index (χ2n) is 4.38. The van der Waals surface area contributed by atoms with Crippen LogP contribution in [-0.4, -0.2) is 25.1 Å². The number of rotatable bonds is 4. The number of nitrogens with one attached hydrogen (secondary N) is 1. The molecule has 6 nitrogen and oxygen atoms in total. The maximum absolute atomic E-state index is 12.3. The number of aromatic nitrogens is 1. The lowest BCUT2D eigenvalue weighted by Gasteiger charge is -2.13. The lowest BCUT2D eigenvalue weighted by atomic mass is 10.1. The molecule has 3 N–H and O–H groups in total. The van der Waals surface area contributed by atoms with Crippen molar-refractivity contribution in [3.8, 4) is 11.5 Å². The molecule has 1 amide bonds. The van der Waals surface area contributed by atoms with Crippen molar-refractivity contribution in [3.63, 3.8) is 0 Å². The van der Waals surface area contributed by atoms with E-state index in [2.05, 4.69) is 10.3 Å². The van der Waals surface area contributed by atoms with Crippen LogP contribution in [-0.2, 0) is 0 Å². The third-order valence-corrected chi connectivity index (χ3v) is 3.06. The first kappa shape index (κ1) is 14.6. The number of methoxy groups -OCH3 is 2. The summed E-state index contributed by atoms with van der Waals surface area (Å²) in [4.78, 5) is 16.5. The van der Waals surface area contributed by atoms with Crippen LogP contribution in [0.25, 0.3) is 0 Å². The van der Waals surface area contributed by atoms with Gasteiger partial charge >= 0.3 is 0 Å². The minimum Gasteiger partial charge on any atom is -0.493 e. The SMILES string of the molecule is COc1cc(N)c(C(=O)Nc2cccnc2C)cc1OC. The standard InChI is InChI=1S/C15H17N3O3/c1-9-12(5-4-6-17-9)18-15(19)10-7-13(20-2)14(21-3)8-11(10)16/h4-8H,16H2,1-3H3,(H,18,19). The van der Waals surface area contributed by atoms with Crippen molar-refractivity contribution >= 4 is 17.3 Å². The summed E-state index contributed by atoms with van der Waals surface area (Å²) in [6.07, 6.45) is 1.66. The van der Waals surface area contributed by atoms with Gasteiger partial charge < -0.3 is 20.5 Å². The molecule has 110 valence electrons. The van der Waals surface area contributed by atoms with E-state index >= 15 is 0 Å². The molecule has 0 aliphatic heterocycles. The Hall–Kier alpha value is -2.76. The molecule has 0 radical (unpaired) electrons. The van der Waals surface area contributed by atoms with Gasteiger partial charge in [-0.3, -0.25) is 9.78 Å². The number of carbonyl (C=O) groups is 1. The zero-order valence-electron chi connectivity index (χ0n) is 12.1. The maximum atomic E-state index is 12.3. The van der Waals surface area contributed by atoms with Crippen LogP contribution in [0.2, 0.25) is 0 Å². The fourth-order valence-electron chi connectivity index (χ4n) is 1.90. The van der Waals surface area contributed by atoms with E-state index in [-0.39, 0.29) is 5.91 Å². The van der Waals surface area contributed by atoms with Crippen molar-refractivity contribution in [2.75, 3.05) is 25.3 Å². The first-order valence-electron chi connectivity index (χ1n) is 6.31. The lowest BCUT2D eigenvalue weighted by Crippen LogP contribution is -2.15. The number of benzene rings is 1. The fraction of sp³-hybridized carbons (Fsp3) is 0.200. The number of pyridine rings is 1. The van der Waals surface area contributed by atoms with Gasteiger partial charge in [-0.25, -0.2) is 0 Å². The van der Waals surface area contributed by atoms with Gasteiger partial charge in [0.2, 0.25) is 0 Å². The van der Waals surface area contributed by atoms with Crippen LogP contribution in [0.4, 0.5) is 11.4 Å². The van der Waals surface area contributed by atoms with Crippen LogP contribution in [0.3, 0.4) is 0 Å². The smallest absolute Gasteiger partial charge is 0.257 e. The number of aryl methyl sites for hydroxylation is 1. The van der Waals surface area contributed by atoms with Crippen LogP contribution in [0.1, 0.15) is 16.1 Å². The maximum Gasteiger partial charge on any atom is 0.257 e. The predicted octanol–water partition coefficient (Wildman–Crippen LogP) is 2.24. The summed E-state index contributed by atoms with van der Waals surface area (Å²) in [5, 5.41) is 2.78. The van der Waals surface area contributed by atoms with Crippen molar-refractivity contribution < 1.29 is 14.3 Å². The minimum absolute atomic E-state index is 0.312. The average Bonchev–Trinajstić information content (AvgIpc) is 2.49. The van der Waals surface area contributed by atoms with E-state index in [1.165, 1.54) is 14.2 Å². The quantitative estimate of drug-likeness (QED) is 0.842. The summed E-state index contributed by atoms with van der Waals surface area (Å²) in [7, 11) is 3.01. The van der Waals surface area contributed by atoms with Crippen LogP contribution in [0.15, 0.2) is 30.5 Å². The van der Waals surface area contributed by atoms with Gasteiger partial charge in [0.1, 0.15) is 0 Å². The average molecular weight is 287 g/mol. The van der Waals surface area contributed by atoms with E-state index < -0.39 is 0 Å². The summed E-state index contributed by atoms with van der Waals surface area (Å²) in [5.41, 5.74) is 7.89. The Morgan fingerprint density at radius 2 is 1.90 bits per heavy atom. The van der Waals surface area contributed by atoms with Crippen LogP contribution < -0.4 is 20.5 Å². The van der Waals surface area contributed by atoms with Crippen molar-refractivity contribution in [1.82, 2.24) is 4.98 Å². The highest BCUT2D eigenvalue weighted by Crippen LogP contribution is 2.32. The molecule has 1 aromatic heterocycles. The van der Waals surface area contributed by atoms with Crippen LogP contribution in [0.5, 0.6) is 11.5 Å². The molecule has 1 heterocycles. The Kier molecular flexibility index (Phi) is 4.27. The molecule has 0 fully saturated rings. The van der Waals surface area contributed by atoms with E-state index in [1.54, 1.807) is 30.5 Å². The summed E-state index contributed by atoms with van der Waals surface area (Å²) in [6, 6.07) is 6.64. The van der Waals surface area contributed by atoms with Crippen LogP contribution >= 0.6 is 0 Å². The summed E-state index contributed by atoms with van der Waals surface area (Å²) in [5.74, 6) is 0.591. The van der Waals surface area contributed by atoms with Crippen molar-refractivity contribution in [2.45, 2.75) is 6.92 Å². The van der Waals surface area contributed by atoms with E-state index in [4.69, 9.17) is 15.2 Å². The Labute approximate surface area is 122 Å². The Morgan fingerprint density at radius 1 is 1.24 bits per heavy atom. The van der Waals surface area contributed by atoms with Crippen molar-refractivity contribution in [1.29, 1.82) is 0 Å². The molecule has 0 aliphatic rings. The Morgan fingerprint density at radius 3 is 2.52 bits per heavy atom. The summed E-state index contributed by atoms with van der Waals surface area (Å²) in [6.45, 7) is 1.81. The molecule has 2 rings (SSSR count). The van der Waals surface area contributed by atoms with E-state index in [0.717, 1.165) is 5.69 Å². The lowest BCUT2D eigenvalue weighted by molar-refractivity contribution is 0.102. The highest BCUT2D eigenvalue weighted by molar-refractivity contribution is 6.08. The van der Waals surface area contributed by atoms with Gasteiger partial charge in [-0.1, -0.05) is 0 Å². The number of carbonyl (C=O) groups excluding carboxylic acids is 1. The molecule has 0 atom stereocenters. The number of nitrogen functional groups attached to an aromatic ring is 1. The van der Waals surface area contributed by atoms with Gasteiger partial charge in [0.15, 0.2) is 11.5 Å². The van der Waals surface area contributed by atoms with Crippen molar-refractivity contribution in [2.24, 2.45) is 0 Å². The fourth-order valence-corrected chi connectivity index (χ4v) is 1.90. The first-order chi connectivity index (χ1) is 10.1. The summed E-state index contributed by atoms with van der Waals surface area (Å²) >= 11 is 0. The number of nitrogens with zero attached hydrogens (tertiary/aromatic N) is 1. The molecule has 0 spiro atoms. The topological polar surface area (TPSA) is 86.5 Å². The normalized spacial score (nSPS) is 10.0. The second-order valence-corrected chi connectivity index (χ2v) is 4.38. The molecule has 1 aromatic carbocycles. The zero-order chi connectivity index (χ0) is 15.4. The van der Waals surface area contributed by atoms with Gasteiger partial charge in [-0.05, 0) is 25.1 Å². The molecule has 0 saturated heterocycles. The number of hydrogen-bond acceptors (Lipinski definition) is 5. The van der Waals surface area contributed by atoms with Gasteiger partial charge in [0.25, 0.3) is 5.91 Å². The monoisotopic (exact) mass is 287 g/mol. The minimum atomic E-state index is -0.329. The highest BCUT2D eigenvalue weighted by atomic mass is 16.5. The van der Waals surface area contributed by atoms with Gasteiger partial charge in [0, 0.05) is 18.0 Å². The second kappa shape index (κ2) is 6.13. The molecule has 0 bridgehead atoms. The Bertz CT molecular complexity index is 671. The number of nitrogens with two attached hydrogens (primary N) is 1. The molecule has 21 heavy (non-hydrogen) atoms. The Balaban J connectivity index is 2.33. The molecule has 0 saturated carbocycles. The molecule has 0 unspecified atom stereocenters. The largest absolute Gasteiger partial charge is 0.493 e. The third-order valence-electron chi connectivity index (χ3n) is 3.06. The van der Waals surface area contributed by atoms with E-state index in [9.17, 15) is 4.79 Å². The summed E-state index contributed by atoms with van der Waals surface area (Å²) < 4.78 is 10.3. The van der Waals surface area contributed by atoms with Crippen LogP contribution in [0, 0.1) is 6.92 Å². The molecular weight excluding hydrogens is 270 g/mol. The molecule has 6 heteroatoms. The van der Waals surface area contributed by atoms with Gasteiger partial charge in [0.05, 0.1) is 31.2 Å². The third kappa shape index (κ3) is 3.05. The number of anilines is 2. The zero-order valence-corrected chi connectivity index (χ0v) is 12.1. The highest BCUT2D eigenvalue weighted by Gasteiger charge is 2.16. The first-order valence-corrected chi connectivity index (χ1v) is 6.31. The van der Waals surface area contributed by atoms with Crippen molar-refractivity contribution in [3.05, 3.63) is 41.7 Å². The molecule has 0 aliphatic carbocycles. The molecular formula is C15H17N3O3. The molecule has 2 aromatic rings. The van der Waals surface area contributed by atoms with E-state index in [1.807, 2.05) is 6.92 Å². The van der Waals surface area contributed by atoms with E-state index in [0.29, 0.717) is 28.4 Å². The van der Waals surface area contributed by atoms with Gasteiger partial charge in [-0.2, -0.15) is 0 Å². The van der Waals surface area contributed by atoms with Gasteiger partial charge in [-0.15, -0.1) is 0 Å². The number of hydrogen-bond donors (Lipinski definition) is 2. The number of amides is 1. The number of ether oxygens (including phenoxy) is 2.